The minimum Gasteiger partial charge on any atom is -0.313 e. The van der Waals surface area contributed by atoms with Crippen molar-refractivity contribution < 1.29 is 0 Å². The van der Waals surface area contributed by atoms with E-state index in [4.69, 9.17) is 0 Å². The standard InChI is InChI=1S/C12H18N2/c1-11(2)9-13-7-3-5-12-6-4-8-14-10-12/h3-6,8,10-11,13H,7,9H2,1-2H3. The van der Waals surface area contributed by atoms with Crippen molar-refractivity contribution in [3.8, 4) is 0 Å². The van der Waals surface area contributed by atoms with Crippen LogP contribution in [0.25, 0.3) is 6.08 Å². The summed E-state index contributed by atoms with van der Waals surface area (Å²) in [6, 6.07) is 3.99. The van der Waals surface area contributed by atoms with Gasteiger partial charge >= 0.3 is 0 Å². The van der Waals surface area contributed by atoms with Crippen LogP contribution in [0.1, 0.15) is 19.4 Å². The van der Waals surface area contributed by atoms with E-state index >= 15 is 0 Å². The summed E-state index contributed by atoms with van der Waals surface area (Å²) in [7, 11) is 0. The lowest BCUT2D eigenvalue weighted by Gasteiger charge is -2.03. The van der Waals surface area contributed by atoms with Crippen molar-refractivity contribution in [2.45, 2.75) is 13.8 Å². The first-order chi connectivity index (χ1) is 6.79. The highest BCUT2D eigenvalue weighted by atomic mass is 14.8. The van der Waals surface area contributed by atoms with E-state index in [-0.39, 0.29) is 0 Å². The van der Waals surface area contributed by atoms with Crippen molar-refractivity contribution in [2.24, 2.45) is 5.92 Å². The molecule has 0 saturated heterocycles. The van der Waals surface area contributed by atoms with E-state index in [1.165, 1.54) is 0 Å². The number of nitrogens with zero attached hydrogens (tertiary/aromatic N) is 1. The molecule has 0 bridgehead atoms. The summed E-state index contributed by atoms with van der Waals surface area (Å²) in [4.78, 5) is 4.04. The minimum atomic E-state index is 0.710. The maximum absolute atomic E-state index is 4.04. The second kappa shape index (κ2) is 6.33. The molecule has 2 nitrogen and oxygen atoms in total. The maximum atomic E-state index is 4.04. The molecule has 0 radical (unpaired) electrons. The van der Waals surface area contributed by atoms with Crippen LogP contribution in [0.4, 0.5) is 0 Å². The fraction of sp³-hybridized carbons (Fsp3) is 0.417. The van der Waals surface area contributed by atoms with E-state index in [9.17, 15) is 0 Å². The molecule has 0 aliphatic heterocycles. The van der Waals surface area contributed by atoms with E-state index in [0.717, 1.165) is 18.7 Å². The molecule has 1 heterocycles. The van der Waals surface area contributed by atoms with E-state index in [1.54, 1.807) is 6.20 Å². The van der Waals surface area contributed by atoms with Gasteiger partial charge in [-0.15, -0.1) is 0 Å². The van der Waals surface area contributed by atoms with Crippen LogP contribution in [0.5, 0.6) is 0 Å². The zero-order chi connectivity index (χ0) is 10.2. The first-order valence-electron chi connectivity index (χ1n) is 5.06. The maximum Gasteiger partial charge on any atom is 0.0340 e. The molecule has 0 amide bonds. The second-order valence-corrected chi connectivity index (χ2v) is 3.74. The molecule has 2 heteroatoms. The van der Waals surface area contributed by atoms with Crippen molar-refractivity contribution >= 4 is 6.08 Å². The fourth-order valence-electron chi connectivity index (χ4n) is 1.12. The second-order valence-electron chi connectivity index (χ2n) is 3.74. The molecule has 0 aliphatic rings. The van der Waals surface area contributed by atoms with Gasteiger partial charge in [0, 0.05) is 18.9 Å². The van der Waals surface area contributed by atoms with Gasteiger partial charge in [0.25, 0.3) is 0 Å². The van der Waals surface area contributed by atoms with Gasteiger partial charge < -0.3 is 5.32 Å². The van der Waals surface area contributed by atoms with E-state index in [1.807, 2.05) is 18.3 Å². The summed E-state index contributed by atoms with van der Waals surface area (Å²) in [5.74, 6) is 0.710. The topological polar surface area (TPSA) is 24.9 Å². The van der Waals surface area contributed by atoms with Gasteiger partial charge in [-0.2, -0.15) is 0 Å². The Kier molecular flexibility index (Phi) is 4.94. The van der Waals surface area contributed by atoms with E-state index < -0.39 is 0 Å². The molecule has 0 aromatic carbocycles. The summed E-state index contributed by atoms with van der Waals surface area (Å²) in [6.07, 6.45) is 7.85. The van der Waals surface area contributed by atoms with Crippen molar-refractivity contribution in [3.63, 3.8) is 0 Å². The molecule has 1 N–H and O–H groups in total. The van der Waals surface area contributed by atoms with Crippen LogP contribution in [0, 0.1) is 5.92 Å². The number of rotatable bonds is 5. The summed E-state index contributed by atoms with van der Waals surface area (Å²) < 4.78 is 0. The third kappa shape index (κ3) is 4.77. The van der Waals surface area contributed by atoms with Gasteiger partial charge in [-0.3, -0.25) is 4.98 Å². The zero-order valence-corrected chi connectivity index (χ0v) is 8.90. The van der Waals surface area contributed by atoms with Crippen LogP contribution >= 0.6 is 0 Å². The Labute approximate surface area is 86.1 Å². The van der Waals surface area contributed by atoms with Gasteiger partial charge in [0.2, 0.25) is 0 Å². The molecule has 0 atom stereocenters. The average molecular weight is 190 g/mol. The minimum absolute atomic E-state index is 0.710. The van der Waals surface area contributed by atoms with Crippen molar-refractivity contribution in [2.75, 3.05) is 13.1 Å². The SMILES string of the molecule is CC(C)CNCC=Cc1cccnc1. The first-order valence-corrected chi connectivity index (χ1v) is 5.06. The number of nitrogens with one attached hydrogen (secondary N) is 1. The Bertz CT molecular complexity index is 265. The number of hydrogen-bond donors (Lipinski definition) is 1. The Morgan fingerprint density at radius 3 is 3.00 bits per heavy atom. The Balaban J connectivity index is 2.21. The van der Waals surface area contributed by atoms with Crippen LogP contribution in [-0.4, -0.2) is 18.1 Å². The average Bonchev–Trinajstić information content (AvgIpc) is 2.18. The van der Waals surface area contributed by atoms with E-state index in [2.05, 4.69) is 36.3 Å². The Morgan fingerprint density at radius 1 is 1.50 bits per heavy atom. The van der Waals surface area contributed by atoms with Gasteiger partial charge in [-0.25, -0.2) is 0 Å². The quantitative estimate of drug-likeness (QED) is 0.721. The lowest BCUT2D eigenvalue weighted by Crippen LogP contribution is -2.19. The highest BCUT2D eigenvalue weighted by Crippen LogP contribution is 1.97. The molecule has 1 aromatic rings. The molecule has 1 aromatic heterocycles. The smallest absolute Gasteiger partial charge is 0.0340 e. The molecule has 0 saturated carbocycles. The largest absolute Gasteiger partial charge is 0.313 e. The molecular weight excluding hydrogens is 172 g/mol. The van der Waals surface area contributed by atoms with Crippen LogP contribution in [-0.2, 0) is 0 Å². The molecule has 0 aliphatic carbocycles. The summed E-state index contributed by atoms with van der Waals surface area (Å²) in [6.45, 7) is 6.40. The normalized spacial score (nSPS) is 11.4. The Morgan fingerprint density at radius 2 is 2.36 bits per heavy atom. The van der Waals surface area contributed by atoms with Gasteiger partial charge in [0.1, 0.15) is 0 Å². The van der Waals surface area contributed by atoms with Gasteiger partial charge in [0.05, 0.1) is 0 Å². The van der Waals surface area contributed by atoms with E-state index in [0.29, 0.717) is 5.92 Å². The van der Waals surface area contributed by atoms with Gasteiger partial charge in [0.15, 0.2) is 0 Å². The monoisotopic (exact) mass is 190 g/mol. The van der Waals surface area contributed by atoms with Gasteiger partial charge in [-0.1, -0.05) is 32.1 Å². The lowest BCUT2D eigenvalue weighted by molar-refractivity contribution is 0.577. The van der Waals surface area contributed by atoms with Crippen molar-refractivity contribution in [1.29, 1.82) is 0 Å². The van der Waals surface area contributed by atoms with Crippen LogP contribution in [0.3, 0.4) is 0 Å². The highest BCUT2D eigenvalue weighted by molar-refractivity contribution is 5.47. The summed E-state index contributed by atoms with van der Waals surface area (Å²) >= 11 is 0. The first kappa shape index (κ1) is 10.9. The van der Waals surface area contributed by atoms with Crippen molar-refractivity contribution in [3.05, 3.63) is 36.2 Å². The number of hydrogen-bond acceptors (Lipinski definition) is 2. The predicted octanol–water partition coefficient (Wildman–Crippen LogP) is 2.34. The van der Waals surface area contributed by atoms with Crippen LogP contribution in [0.2, 0.25) is 0 Å². The summed E-state index contributed by atoms with van der Waals surface area (Å²) in [5.41, 5.74) is 1.15. The third-order valence-electron chi connectivity index (χ3n) is 1.81. The third-order valence-corrected chi connectivity index (χ3v) is 1.81. The predicted molar refractivity (Wildman–Crippen MR) is 61.0 cm³/mol. The van der Waals surface area contributed by atoms with Crippen LogP contribution in [0.15, 0.2) is 30.6 Å². The Hall–Kier alpha value is -1.15. The van der Waals surface area contributed by atoms with Crippen molar-refractivity contribution in [1.82, 2.24) is 10.3 Å². The summed E-state index contributed by atoms with van der Waals surface area (Å²) in [5, 5.41) is 3.35. The fourth-order valence-corrected chi connectivity index (χ4v) is 1.12. The number of aromatic nitrogens is 1. The zero-order valence-electron chi connectivity index (χ0n) is 8.90. The highest BCUT2D eigenvalue weighted by Gasteiger charge is 1.89. The van der Waals surface area contributed by atoms with Gasteiger partial charge in [-0.05, 0) is 24.1 Å². The molecule has 76 valence electrons. The molecule has 14 heavy (non-hydrogen) atoms. The lowest BCUT2D eigenvalue weighted by atomic mass is 10.2. The van der Waals surface area contributed by atoms with Crippen LogP contribution < -0.4 is 5.32 Å². The number of pyridine rings is 1. The molecule has 1 rings (SSSR count). The molecule has 0 unspecified atom stereocenters. The molecular formula is C12H18N2. The molecule has 0 fully saturated rings. The molecule has 0 spiro atoms.